The minimum Gasteiger partial charge on any atom is -0.521 e. The molecule has 0 amide bonds. The number of hydrogen-bond acceptors (Lipinski definition) is 4. The third kappa shape index (κ3) is 7.90. The largest absolute Gasteiger partial charge is 0.521 e. The molecular weight excluding hydrogens is 1050 g/mol. The summed E-state index contributed by atoms with van der Waals surface area (Å²) in [5, 5.41) is 8.98. The Morgan fingerprint density at radius 3 is 1.86 bits per heavy atom. The van der Waals surface area contributed by atoms with Crippen LogP contribution in [0.5, 0.6) is 11.5 Å². The molecule has 7 heteroatoms. The monoisotopic (exact) mass is 1100 g/mol. The minimum atomic E-state index is -0.812. The number of ether oxygens (including phenoxy) is 1. The number of fused-ring (bicyclic) bond motifs is 10. The summed E-state index contributed by atoms with van der Waals surface area (Å²) in [6.45, 7) is 19.5. The Morgan fingerprint density at radius 2 is 1.17 bits per heavy atom. The van der Waals surface area contributed by atoms with E-state index in [1.54, 1.807) is 6.20 Å². The van der Waals surface area contributed by atoms with Crippen LogP contribution in [0.2, 0.25) is 0 Å². The summed E-state index contributed by atoms with van der Waals surface area (Å²) in [7, 11) is 0. The molecule has 5 heterocycles. The van der Waals surface area contributed by atoms with Gasteiger partial charge in [0.25, 0.3) is 0 Å². The molecule has 0 aliphatic carbocycles. The molecule has 0 unspecified atom stereocenters. The van der Waals surface area contributed by atoms with Crippen LogP contribution in [0.1, 0.15) is 79.3 Å². The van der Waals surface area contributed by atoms with Crippen LogP contribution in [0.3, 0.4) is 0 Å². The van der Waals surface area contributed by atoms with Crippen molar-refractivity contribution in [3.8, 4) is 28.4 Å². The van der Waals surface area contributed by atoms with Crippen molar-refractivity contribution >= 4 is 76.7 Å². The molecule has 12 rings (SSSR count). The van der Waals surface area contributed by atoms with E-state index in [0.29, 0.717) is 17.3 Å². The van der Waals surface area contributed by atoms with E-state index in [4.69, 9.17) is 14.7 Å². The Balaban J connectivity index is 0.00000560. The first-order valence-electron chi connectivity index (χ1n) is 24.6. The van der Waals surface area contributed by atoms with Gasteiger partial charge in [0.1, 0.15) is 5.82 Å². The Bertz CT molecular complexity index is 4000. The second-order valence-electron chi connectivity index (χ2n) is 20.8. The zero-order chi connectivity index (χ0) is 49.0. The Hall–Kier alpha value is -7.40. The molecule has 0 N–H and O–H groups in total. The number of para-hydroxylation sites is 3. The second kappa shape index (κ2) is 17.5. The van der Waals surface area contributed by atoms with E-state index >= 15 is 0 Å². The molecule has 4 aromatic heterocycles. The smallest absolute Gasteiger partial charge is 0.135 e. The van der Waals surface area contributed by atoms with Gasteiger partial charge in [-0.15, -0.1) is 17.5 Å². The van der Waals surface area contributed by atoms with E-state index in [-0.39, 0.29) is 31.9 Å². The molecule has 0 radical (unpaired) electrons. The maximum atomic E-state index is 9.26. The summed E-state index contributed by atoms with van der Waals surface area (Å²) >= 11 is 0. The Labute approximate surface area is 431 Å². The van der Waals surface area contributed by atoms with Gasteiger partial charge in [-0.1, -0.05) is 182 Å². The molecule has 1 aliphatic rings. The zero-order valence-electron chi connectivity index (χ0n) is 42.2. The average molecular weight is 1110 g/mol. The number of hydrogen-bond donors (Lipinski definition) is 0. The van der Waals surface area contributed by atoms with Gasteiger partial charge < -0.3 is 18.8 Å². The molecule has 354 valence electrons. The number of anilines is 2. The van der Waals surface area contributed by atoms with E-state index in [0.717, 1.165) is 88.0 Å². The first kappa shape index (κ1) is 44.8. The standard InChI is InChI=1S/C64H54N5O.Pt/c1-40(2)41-33-42(35-44(34-41)64(6,7)8)47-22-15-23-54-50-19-11-9-17-48(50)49-18-10-12-20-51(49)55-24-16-26-57-62(55)68(61(47)54)39-67(57)59-38-46(30-32-65-59)70-45-27-28-53-52-21-13-14-25-56(52)69(58(53)37-45)60-36-43(29-31-66-60)63(3,4)5;/h9-36,39-40H,1-8H3;/q-3;/i40D;. The van der Waals surface area contributed by atoms with Crippen LogP contribution in [-0.4, -0.2) is 19.1 Å². The number of pyridine rings is 2. The van der Waals surface area contributed by atoms with Gasteiger partial charge >= 0.3 is 0 Å². The van der Waals surface area contributed by atoms with Crippen molar-refractivity contribution in [2.75, 3.05) is 4.90 Å². The predicted octanol–water partition coefficient (Wildman–Crippen LogP) is 17.0. The molecule has 0 fully saturated rings. The van der Waals surface area contributed by atoms with Gasteiger partial charge in [-0.05, 0) is 130 Å². The van der Waals surface area contributed by atoms with Crippen molar-refractivity contribution in [2.45, 2.75) is 72.1 Å². The summed E-state index contributed by atoms with van der Waals surface area (Å²) in [5.41, 5.74) is 10.3. The van der Waals surface area contributed by atoms with Crippen molar-refractivity contribution in [1.82, 2.24) is 19.1 Å². The molecule has 71 heavy (non-hydrogen) atoms. The first-order valence-corrected chi connectivity index (χ1v) is 24.1. The molecule has 11 aromatic rings. The fraction of sp³-hybridized carbons (Fsp3) is 0.172. The van der Waals surface area contributed by atoms with Crippen LogP contribution in [0.15, 0.2) is 170 Å². The summed E-state index contributed by atoms with van der Waals surface area (Å²) in [6.07, 6.45) is 3.68. The second-order valence-corrected chi connectivity index (χ2v) is 20.8. The number of benzene rings is 7. The molecule has 0 saturated carbocycles. The van der Waals surface area contributed by atoms with Gasteiger partial charge in [0.05, 0.1) is 0 Å². The molecule has 6 nitrogen and oxygen atoms in total. The van der Waals surface area contributed by atoms with Crippen molar-refractivity contribution in [2.24, 2.45) is 0 Å². The van der Waals surface area contributed by atoms with Crippen LogP contribution >= 0.6 is 0 Å². The SMILES string of the molecule is [2H]C(C)(C)c1cc(-c2cccc3c4ccccc4c4ccccc4c4cccc5c4n(c23)[CH-]N5c2[c-]c(Oc3[c-]c4c(cc3)c3ccccc3n4-c3cc(C(C)(C)C)ccn3)ccn2)cc(C(C)(C)C)c1.[Pt]. The number of rotatable bonds is 6. The van der Waals surface area contributed by atoms with E-state index in [9.17, 15) is 1.37 Å². The van der Waals surface area contributed by atoms with Gasteiger partial charge in [0.2, 0.25) is 0 Å². The van der Waals surface area contributed by atoms with Crippen LogP contribution in [0.4, 0.5) is 11.5 Å². The van der Waals surface area contributed by atoms with Crippen LogP contribution in [-0.2, 0) is 31.9 Å². The summed E-state index contributed by atoms with van der Waals surface area (Å²) in [6, 6.07) is 63.3. The third-order valence-electron chi connectivity index (χ3n) is 13.9. The first-order chi connectivity index (χ1) is 34.1. The van der Waals surface area contributed by atoms with Crippen LogP contribution < -0.4 is 9.64 Å². The van der Waals surface area contributed by atoms with Gasteiger partial charge in [0, 0.05) is 51.4 Å². The van der Waals surface area contributed by atoms with Crippen molar-refractivity contribution in [3.05, 3.63) is 206 Å². The maximum absolute atomic E-state index is 9.26. The summed E-state index contributed by atoms with van der Waals surface area (Å²) < 4.78 is 20.5. The normalized spacial score (nSPS) is 13.0. The molecule has 0 spiro atoms. The molecule has 0 saturated heterocycles. The fourth-order valence-electron chi connectivity index (χ4n) is 10.3. The fourth-order valence-corrected chi connectivity index (χ4v) is 10.3. The minimum absolute atomic E-state index is 0. The van der Waals surface area contributed by atoms with E-state index in [1.165, 1.54) is 16.5 Å². The molecule has 1 aliphatic heterocycles. The van der Waals surface area contributed by atoms with E-state index in [2.05, 4.69) is 220 Å². The topological polar surface area (TPSA) is 48.1 Å². The Morgan fingerprint density at radius 1 is 0.563 bits per heavy atom. The van der Waals surface area contributed by atoms with Crippen LogP contribution in [0, 0.1) is 18.8 Å². The molecule has 0 atom stereocenters. The molecule has 7 aromatic carbocycles. The zero-order valence-corrected chi connectivity index (χ0v) is 43.5. The van der Waals surface area contributed by atoms with E-state index in [1.807, 2.05) is 32.2 Å². The van der Waals surface area contributed by atoms with Gasteiger partial charge in [0.15, 0.2) is 0 Å². The van der Waals surface area contributed by atoms with Crippen LogP contribution in [0.25, 0.3) is 82.1 Å². The maximum Gasteiger partial charge on any atom is 0.135 e. The van der Waals surface area contributed by atoms with E-state index < -0.39 is 5.89 Å². The van der Waals surface area contributed by atoms with Gasteiger partial charge in [-0.25, -0.2) is 4.98 Å². The predicted molar refractivity (Wildman–Crippen MR) is 291 cm³/mol. The van der Waals surface area contributed by atoms with Crippen molar-refractivity contribution < 1.29 is 27.2 Å². The van der Waals surface area contributed by atoms with Gasteiger partial charge in [-0.3, -0.25) is 4.98 Å². The summed E-state index contributed by atoms with van der Waals surface area (Å²) in [5.74, 6) is 1.67. The number of aromatic nitrogens is 4. The van der Waals surface area contributed by atoms with Crippen molar-refractivity contribution in [3.63, 3.8) is 0 Å². The van der Waals surface area contributed by atoms with Crippen molar-refractivity contribution in [1.29, 1.82) is 0 Å². The average Bonchev–Trinajstić information content (AvgIpc) is 3.92. The summed E-state index contributed by atoms with van der Waals surface area (Å²) in [4.78, 5) is 12.0. The van der Waals surface area contributed by atoms with Gasteiger partial charge in [-0.2, -0.15) is 18.2 Å². The molecular formula is C64H54N5OPt-3. The Kier molecular flexibility index (Phi) is 11.0. The third-order valence-corrected chi connectivity index (χ3v) is 13.9. The molecule has 0 bridgehead atoms. The quantitative estimate of drug-likeness (QED) is 0.156. The number of nitrogens with zero attached hydrogens (tertiary/aromatic N) is 5.